The quantitative estimate of drug-likeness (QED) is 0.422. The Morgan fingerprint density at radius 2 is 1.65 bits per heavy atom. The fourth-order valence-corrected chi connectivity index (χ4v) is 2.65. The van der Waals surface area contributed by atoms with Crippen molar-refractivity contribution < 1.29 is 23.9 Å². The molecule has 0 aliphatic heterocycles. The van der Waals surface area contributed by atoms with Crippen LogP contribution in [0.1, 0.15) is 49.5 Å². The van der Waals surface area contributed by atoms with Crippen LogP contribution < -0.4 is 15.4 Å². The lowest BCUT2D eigenvalue weighted by atomic mass is 10.1. The molecule has 0 saturated heterocycles. The Hall–Kier alpha value is -3.35. The minimum Gasteiger partial charge on any atom is -0.494 e. The number of nitrogens with one attached hydrogen (secondary N) is 2. The summed E-state index contributed by atoms with van der Waals surface area (Å²) in [7, 11) is 0. The number of carbonyl (C=O) groups is 3. The van der Waals surface area contributed by atoms with Crippen molar-refractivity contribution in [2.24, 2.45) is 0 Å². The van der Waals surface area contributed by atoms with Crippen molar-refractivity contribution in [2.75, 3.05) is 18.5 Å². The van der Waals surface area contributed by atoms with Crippen LogP contribution in [0.15, 0.2) is 48.5 Å². The summed E-state index contributed by atoms with van der Waals surface area (Å²) in [5.74, 6) is -0.863. The van der Waals surface area contributed by atoms with Gasteiger partial charge in [-0.3, -0.25) is 14.4 Å². The van der Waals surface area contributed by atoms with Crippen LogP contribution in [0.3, 0.4) is 0 Å². The SMILES string of the molecule is CCCCOc1ccc(C(=O)NCC(=O)O[C@H](C)C(=O)Nc2ccc(CC)cc2)cc1. The number of rotatable bonds is 11. The highest BCUT2D eigenvalue weighted by molar-refractivity contribution is 5.97. The molecule has 2 N–H and O–H groups in total. The molecule has 2 rings (SSSR count). The largest absolute Gasteiger partial charge is 0.494 e. The van der Waals surface area contributed by atoms with Crippen molar-refractivity contribution in [2.45, 2.75) is 46.1 Å². The predicted molar refractivity (Wildman–Crippen MR) is 119 cm³/mol. The maximum absolute atomic E-state index is 12.2. The van der Waals surface area contributed by atoms with Crippen molar-refractivity contribution in [3.63, 3.8) is 0 Å². The van der Waals surface area contributed by atoms with Gasteiger partial charge in [0.05, 0.1) is 6.61 Å². The molecule has 0 fully saturated rings. The molecule has 2 aromatic rings. The van der Waals surface area contributed by atoms with Gasteiger partial charge in [-0.25, -0.2) is 0 Å². The first-order valence-electron chi connectivity index (χ1n) is 10.5. The number of ether oxygens (including phenoxy) is 2. The van der Waals surface area contributed by atoms with Gasteiger partial charge < -0.3 is 20.1 Å². The summed E-state index contributed by atoms with van der Waals surface area (Å²) in [5.41, 5.74) is 2.18. The van der Waals surface area contributed by atoms with Gasteiger partial charge in [0.1, 0.15) is 12.3 Å². The molecule has 1 atom stereocenters. The highest BCUT2D eigenvalue weighted by Gasteiger charge is 2.18. The summed E-state index contributed by atoms with van der Waals surface area (Å²) in [6, 6.07) is 14.1. The van der Waals surface area contributed by atoms with Gasteiger partial charge in [0, 0.05) is 11.3 Å². The normalized spacial score (nSPS) is 11.3. The number of unbranched alkanes of at least 4 members (excludes halogenated alkanes) is 1. The third kappa shape index (κ3) is 8.12. The monoisotopic (exact) mass is 426 g/mol. The summed E-state index contributed by atoms with van der Waals surface area (Å²) >= 11 is 0. The van der Waals surface area contributed by atoms with Crippen LogP contribution in [0.2, 0.25) is 0 Å². The first-order chi connectivity index (χ1) is 14.9. The lowest BCUT2D eigenvalue weighted by Gasteiger charge is -2.14. The van der Waals surface area contributed by atoms with Crippen LogP contribution >= 0.6 is 0 Å². The van der Waals surface area contributed by atoms with E-state index in [1.807, 2.05) is 19.1 Å². The highest BCUT2D eigenvalue weighted by Crippen LogP contribution is 2.13. The molecule has 0 spiro atoms. The third-order valence-corrected chi connectivity index (χ3v) is 4.58. The van der Waals surface area contributed by atoms with Crippen molar-refractivity contribution in [3.8, 4) is 5.75 Å². The number of hydrogen-bond donors (Lipinski definition) is 2. The molecule has 166 valence electrons. The number of esters is 1. The van der Waals surface area contributed by atoms with Gasteiger partial charge in [0.25, 0.3) is 11.8 Å². The standard InChI is InChI=1S/C24H30N2O5/c1-4-6-15-30-21-13-9-19(10-14-21)24(29)25-16-22(27)31-17(3)23(28)26-20-11-7-18(5-2)8-12-20/h7-14,17H,4-6,15-16H2,1-3H3,(H,25,29)(H,26,28)/t17-/m1/s1. The molecule has 0 saturated carbocycles. The van der Waals surface area contributed by atoms with E-state index in [1.165, 1.54) is 6.92 Å². The number of carbonyl (C=O) groups excluding carboxylic acids is 3. The molecule has 0 aliphatic carbocycles. The molecule has 2 aromatic carbocycles. The summed E-state index contributed by atoms with van der Waals surface area (Å²) in [6.07, 6.45) is 1.93. The fourth-order valence-electron chi connectivity index (χ4n) is 2.65. The predicted octanol–water partition coefficient (Wildman–Crippen LogP) is 3.73. The van der Waals surface area contributed by atoms with Gasteiger partial charge in [0.15, 0.2) is 6.10 Å². The van der Waals surface area contributed by atoms with E-state index in [9.17, 15) is 14.4 Å². The maximum atomic E-state index is 12.2. The second kappa shape index (κ2) is 12.4. The van der Waals surface area contributed by atoms with Gasteiger partial charge in [0.2, 0.25) is 0 Å². The molecular weight excluding hydrogens is 396 g/mol. The summed E-state index contributed by atoms with van der Waals surface area (Å²) in [6.45, 7) is 5.90. The zero-order valence-corrected chi connectivity index (χ0v) is 18.3. The zero-order valence-electron chi connectivity index (χ0n) is 18.3. The Bertz CT molecular complexity index is 863. The minimum atomic E-state index is -0.991. The number of benzene rings is 2. The number of aryl methyl sites for hydroxylation is 1. The molecule has 0 bridgehead atoms. The van der Waals surface area contributed by atoms with Crippen molar-refractivity contribution in [1.29, 1.82) is 0 Å². The van der Waals surface area contributed by atoms with Crippen LogP contribution in [-0.2, 0) is 20.7 Å². The van der Waals surface area contributed by atoms with Gasteiger partial charge >= 0.3 is 5.97 Å². The Balaban J connectivity index is 1.75. The van der Waals surface area contributed by atoms with Crippen LogP contribution in [0.25, 0.3) is 0 Å². The van der Waals surface area contributed by atoms with Gasteiger partial charge in [-0.05, 0) is 61.7 Å². The van der Waals surface area contributed by atoms with E-state index in [4.69, 9.17) is 9.47 Å². The molecule has 0 unspecified atom stereocenters. The van der Waals surface area contributed by atoms with E-state index >= 15 is 0 Å². The van der Waals surface area contributed by atoms with Crippen molar-refractivity contribution >= 4 is 23.5 Å². The first kappa shape index (κ1) is 23.9. The number of hydrogen-bond acceptors (Lipinski definition) is 5. The minimum absolute atomic E-state index is 0.337. The molecule has 31 heavy (non-hydrogen) atoms. The average molecular weight is 427 g/mol. The molecule has 0 aromatic heterocycles. The van der Waals surface area contributed by atoms with E-state index in [0.717, 1.165) is 24.8 Å². The van der Waals surface area contributed by atoms with Crippen LogP contribution in [0.4, 0.5) is 5.69 Å². The Morgan fingerprint density at radius 1 is 0.968 bits per heavy atom. The fraction of sp³-hybridized carbons (Fsp3) is 0.375. The van der Waals surface area contributed by atoms with Crippen LogP contribution in [0, 0.1) is 0 Å². The van der Waals surface area contributed by atoms with Gasteiger partial charge in [-0.15, -0.1) is 0 Å². The zero-order chi connectivity index (χ0) is 22.6. The number of anilines is 1. The second-order valence-corrected chi connectivity index (χ2v) is 7.08. The maximum Gasteiger partial charge on any atom is 0.326 e. The highest BCUT2D eigenvalue weighted by atomic mass is 16.5. The summed E-state index contributed by atoms with van der Waals surface area (Å²) in [4.78, 5) is 36.4. The first-order valence-corrected chi connectivity index (χ1v) is 10.5. The Labute approximate surface area is 183 Å². The second-order valence-electron chi connectivity index (χ2n) is 7.08. The topological polar surface area (TPSA) is 93.7 Å². The smallest absolute Gasteiger partial charge is 0.326 e. The summed E-state index contributed by atoms with van der Waals surface area (Å²) < 4.78 is 10.7. The molecule has 7 nitrogen and oxygen atoms in total. The Kier molecular flexibility index (Phi) is 9.55. The average Bonchev–Trinajstić information content (AvgIpc) is 2.78. The molecule has 0 aliphatic rings. The van der Waals surface area contributed by atoms with E-state index < -0.39 is 23.9 Å². The van der Waals surface area contributed by atoms with E-state index in [0.29, 0.717) is 23.6 Å². The third-order valence-electron chi connectivity index (χ3n) is 4.58. The molecule has 0 heterocycles. The van der Waals surface area contributed by atoms with Crippen LogP contribution in [0.5, 0.6) is 5.75 Å². The lowest BCUT2D eigenvalue weighted by Crippen LogP contribution is -2.35. The molecule has 0 radical (unpaired) electrons. The summed E-state index contributed by atoms with van der Waals surface area (Å²) in [5, 5.41) is 5.19. The van der Waals surface area contributed by atoms with Crippen molar-refractivity contribution in [1.82, 2.24) is 5.32 Å². The van der Waals surface area contributed by atoms with Gasteiger partial charge in [-0.1, -0.05) is 32.4 Å². The van der Waals surface area contributed by atoms with E-state index in [1.54, 1.807) is 36.4 Å². The molecule has 2 amide bonds. The van der Waals surface area contributed by atoms with Gasteiger partial charge in [-0.2, -0.15) is 0 Å². The number of amides is 2. The van der Waals surface area contributed by atoms with Crippen molar-refractivity contribution in [3.05, 3.63) is 59.7 Å². The Morgan fingerprint density at radius 3 is 2.26 bits per heavy atom. The molecular formula is C24H30N2O5. The van der Waals surface area contributed by atoms with E-state index in [-0.39, 0.29) is 6.54 Å². The van der Waals surface area contributed by atoms with Crippen LogP contribution in [-0.4, -0.2) is 37.0 Å². The lowest BCUT2D eigenvalue weighted by molar-refractivity contribution is -0.152. The molecule has 7 heteroatoms. The van der Waals surface area contributed by atoms with E-state index in [2.05, 4.69) is 17.6 Å².